The zero-order chi connectivity index (χ0) is 28.5. The van der Waals surface area contributed by atoms with Crippen LogP contribution in [0.25, 0.3) is 0 Å². The lowest BCUT2D eigenvalue weighted by atomic mass is 9.78. The molecule has 0 aliphatic rings. The van der Waals surface area contributed by atoms with Crippen LogP contribution >= 0.6 is 0 Å². The number of nitrogens with one attached hydrogen (secondary N) is 2. The first-order valence-corrected chi connectivity index (χ1v) is 12.9. The van der Waals surface area contributed by atoms with E-state index >= 15 is 0 Å². The van der Waals surface area contributed by atoms with Crippen molar-refractivity contribution in [1.29, 1.82) is 0 Å². The molecular weight excluding hydrogens is 462 g/mol. The molecule has 0 aliphatic heterocycles. The molecule has 0 rings (SSSR count). The molecule has 5 N–H and O–H groups in total. The van der Waals surface area contributed by atoms with Gasteiger partial charge in [-0.2, -0.15) is 0 Å². The number of carbonyl (C=O) groups excluding carboxylic acids is 2. The van der Waals surface area contributed by atoms with Gasteiger partial charge in [-0.1, -0.05) is 27.7 Å². The summed E-state index contributed by atoms with van der Waals surface area (Å²) in [7, 11) is 0. The Morgan fingerprint density at radius 3 is 1.92 bits per heavy atom. The van der Waals surface area contributed by atoms with Crippen LogP contribution in [0.1, 0.15) is 102 Å². The summed E-state index contributed by atoms with van der Waals surface area (Å²) in [6.45, 7) is 21.8. The molecule has 2 amide bonds. The van der Waals surface area contributed by atoms with Gasteiger partial charge < -0.3 is 30.9 Å². The molecule has 3 unspecified atom stereocenters. The molecule has 0 bridgehead atoms. The number of aliphatic carboxylic acids is 1. The summed E-state index contributed by atoms with van der Waals surface area (Å²) in [4.78, 5) is 36.9. The van der Waals surface area contributed by atoms with Crippen LogP contribution in [-0.2, 0) is 23.9 Å². The Bertz CT molecular complexity index is 728. The summed E-state index contributed by atoms with van der Waals surface area (Å²) in [6.07, 6.45) is 1.50. The van der Waals surface area contributed by atoms with E-state index in [0.29, 0.717) is 25.9 Å². The highest BCUT2D eigenvalue weighted by atomic mass is 16.5. The molecule has 0 aliphatic carbocycles. The maximum atomic E-state index is 13.0. The number of amides is 2. The smallest absolute Gasteiger partial charge is 0.304 e. The van der Waals surface area contributed by atoms with Crippen molar-refractivity contribution in [3.8, 4) is 0 Å². The minimum absolute atomic E-state index is 0.104. The standard InChI is InChI=1S/C27H53N3O6/c1-18(14-19(2)29-23(34)20(15-21(31)32)24(3,4)5)22(33)30-25(6,7)16-27(10,11)35-13-12-26(8,9)36-17-28/h18-20H,12-17,28H2,1-11H3,(H,29,34)(H,30,33)(H,31,32). The Hall–Kier alpha value is -1.71. The summed E-state index contributed by atoms with van der Waals surface area (Å²) in [5, 5.41) is 15.2. The van der Waals surface area contributed by atoms with Gasteiger partial charge in [-0.25, -0.2) is 0 Å². The molecule has 0 saturated carbocycles. The fraction of sp³-hybridized carbons (Fsp3) is 0.889. The van der Waals surface area contributed by atoms with Crippen molar-refractivity contribution in [2.45, 2.75) is 125 Å². The molecule has 9 heteroatoms. The molecule has 0 aromatic carbocycles. The summed E-state index contributed by atoms with van der Waals surface area (Å²) in [5.41, 5.74) is 3.65. The van der Waals surface area contributed by atoms with Crippen LogP contribution in [0.4, 0.5) is 0 Å². The maximum Gasteiger partial charge on any atom is 0.304 e. The van der Waals surface area contributed by atoms with Crippen LogP contribution in [0.3, 0.4) is 0 Å². The van der Waals surface area contributed by atoms with Crippen LogP contribution in [-0.4, -0.2) is 59.0 Å². The number of hydrogen-bond acceptors (Lipinski definition) is 6. The van der Waals surface area contributed by atoms with E-state index < -0.39 is 28.4 Å². The van der Waals surface area contributed by atoms with Crippen LogP contribution in [0.5, 0.6) is 0 Å². The van der Waals surface area contributed by atoms with E-state index in [1.165, 1.54) is 0 Å². The molecule has 0 saturated heterocycles. The average Bonchev–Trinajstić information content (AvgIpc) is 2.62. The fourth-order valence-corrected chi connectivity index (χ4v) is 4.49. The number of nitrogens with two attached hydrogens (primary N) is 1. The number of hydrogen-bond donors (Lipinski definition) is 4. The molecule has 0 fully saturated rings. The van der Waals surface area contributed by atoms with Gasteiger partial charge in [0.25, 0.3) is 0 Å². The van der Waals surface area contributed by atoms with Gasteiger partial charge in [0.05, 0.1) is 36.9 Å². The Morgan fingerprint density at radius 1 is 0.889 bits per heavy atom. The highest BCUT2D eigenvalue weighted by Gasteiger charge is 2.35. The largest absolute Gasteiger partial charge is 0.481 e. The predicted octanol–water partition coefficient (Wildman–Crippen LogP) is 3.84. The second-order valence-electron chi connectivity index (χ2n) is 13.0. The quantitative estimate of drug-likeness (QED) is 0.229. The third-order valence-electron chi connectivity index (χ3n) is 6.28. The summed E-state index contributed by atoms with van der Waals surface area (Å²) >= 11 is 0. The van der Waals surface area contributed by atoms with Crippen molar-refractivity contribution in [3.05, 3.63) is 0 Å². The second kappa shape index (κ2) is 13.7. The van der Waals surface area contributed by atoms with Gasteiger partial charge in [0.1, 0.15) is 0 Å². The van der Waals surface area contributed by atoms with Gasteiger partial charge >= 0.3 is 5.97 Å². The minimum Gasteiger partial charge on any atom is -0.481 e. The molecule has 0 heterocycles. The van der Waals surface area contributed by atoms with E-state index in [4.69, 9.17) is 15.2 Å². The normalized spacial score (nSPS) is 15.7. The summed E-state index contributed by atoms with van der Waals surface area (Å²) < 4.78 is 11.6. The number of carboxylic acid groups (broad SMARTS) is 1. The number of rotatable bonds is 16. The first-order valence-electron chi connectivity index (χ1n) is 12.9. The van der Waals surface area contributed by atoms with Crippen LogP contribution in [0.2, 0.25) is 0 Å². The van der Waals surface area contributed by atoms with Gasteiger partial charge in [-0.05, 0) is 73.1 Å². The second-order valence-corrected chi connectivity index (χ2v) is 13.0. The van der Waals surface area contributed by atoms with Crippen molar-refractivity contribution in [2.24, 2.45) is 23.0 Å². The Morgan fingerprint density at radius 2 is 1.44 bits per heavy atom. The van der Waals surface area contributed by atoms with E-state index in [1.807, 2.05) is 76.2 Å². The number of carbonyl (C=O) groups is 3. The van der Waals surface area contributed by atoms with Gasteiger partial charge in [0, 0.05) is 17.5 Å². The first-order chi connectivity index (χ1) is 16.1. The van der Waals surface area contributed by atoms with E-state index in [1.54, 1.807) is 0 Å². The highest BCUT2D eigenvalue weighted by molar-refractivity contribution is 5.84. The minimum atomic E-state index is -1.01. The van der Waals surface area contributed by atoms with Crippen LogP contribution < -0.4 is 16.4 Å². The Labute approximate surface area is 218 Å². The van der Waals surface area contributed by atoms with E-state index in [2.05, 4.69) is 10.6 Å². The molecule has 36 heavy (non-hydrogen) atoms. The summed E-state index contributed by atoms with van der Waals surface area (Å²) in [6, 6.07) is -0.279. The third kappa shape index (κ3) is 14.1. The number of carboxylic acids is 1. The lowest BCUT2D eigenvalue weighted by Crippen LogP contribution is -2.51. The van der Waals surface area contributed by atoms with E-state index in [-0.39, 0.29) is 42.5 Å². The molecule has 0 spiro atoms. The zero-order valence-electron chi connectivity index (χ0n) is 24.5. The average molecular weight is 516 g/mol. The van der Waals surface area contributed by atoms with Gasteiger partial charge in [0.2, 0.25) is 11.8 Å². The van der Waals surface area contributed by atoms with Crippen molar-refractivity contribution in [3.63, 3.8) is 0 Å². The summed E-state index contributed by atoms with van der Waals surface area (Å²) in [5.74, 6) is -2.41. The molecule has 9 nitrogen and oxygen atoms in total. The highest BCUT2D eigenvalue weighted by Crippen LogP contribution is 2.29. The molecular formula is C27H53N3O6. The number of ether oxygens (including phenoxy) is 2. The third-order valence-corrected chi connectivity index (χ3v) is 6.28. The van der Waals surface area contributed by atoms with Crippen molar-refractivity contribution in [2.75, 3.05) is 13.3 Å². The topological polar surface area (TPSA) is 140 Å². The SMILES string of the molecule is CC(CC(C)C(=O)NC(C)(C)CC(C)(C)OCCC(C)(C)OCN)NC(=O)C(CC(=O)O)C(C)(C)C. The lowest BCUT2D eigenvalue weighted by Gasteiger charge is -2.37. The monoisotopic (exact) mass is 515 g/mol. The van der Waals surface area contributed by atoms with Crippen LogP contribution in [0.15, 0.2) is 0 Å². The zero-order valence-corrected chi connectivity index (χ0v) is 24.5. The van der Waals surface area contributed by atoms with Crippen molar-refractivity contribution < 1.29 is 29.0 Å². The molecule has 0 radical (unpaired) electrons. The van der Waals surface area contributed by atoms with Crippen molar-refractivity contribution >= 4 is 17.8 Å². The molecule has 0 aromatic rings. The van der Waals surface area contributed by atoms with Crippen LogP contribution in [0, 0.1) is 17.3 Å². The van der Waals surface area contributed by atoms with E-state index in [9.17, 15) is 19.5 Å². The fourth-order valence-electron chi connectivity index (χ4n) is 4.49. The maximum absolute atomic E-state index is 13.0. The van der Waals surface area contributed by atoms with Crippen molar-refractivity contribution in [1.82, 2.24) is 10.6 Å². The first kappa shape index (κ1) is 34.3. The Kier molecular flexibility index (Phi) is 13.1. The molecule has 0 aromatic heterocycles. The lowest BCUT2D eigenvalue weighted by molar-refractivity contribution is -0.143. The van der Waals surface area contributed by atoms with E-state index in [0.717, 1.165) is 0 Å². The van der Waals surface area contributed by atoms with Gasteiger partial charge in [0.15, 0.2) is 0 Å². The molecule has 3 atom stereocenters. The predicted molar refractivity (Wildman–Crippen MR) is 142 cm³/mol. The van der Waals surface area contributed by atoms with Gasteiger partial charge in [-0.3, -0.25) is 14.4 Å². The molecule has 212 valence electrons. The van der Waals surface area contributed by atoms with Gasteiger partial charge in [-0.15, -0.1) is 0 Å². The Balaban J connectivity index is 4.88.